The van der Waals surface area contributed by atoms with Gasteiger partial charge < -0.3 is 10.6 Å². The molecule has 0 atom stereocenters. The van der Waals surface area contributed by atoms with Crippen LogP contribution in [0.2, 0.25) is 5.02 Å². The standard InChI is InChI=1S/C20H14ClFN2O2/c21-17-12-16(23-19(25)14-6-8-15(22)9-7-14)10-11-18(17)24-20(26)13-4-2-1-3-5-13/h1-12H,(H,23,25)(H,24,26). The average Bonchev–Trinajstić information content (AvgIpc) is 2.65. The zero-order chi connectivity index (χ0) is 18.5. The summed E-state index contributed by atoms with van der Waals surface area (Å²) in [7, 11) is 0. The second-order valence-corrected chi connectivity index (χ2v) is 5.88. The second kappa shape index (κ2) is 7.80. The van der Waals surface area contributed by atoms with Crippen molar-refractivity contribution >= 4 is 34.8 Å². The molecule has 2 N–H and O–H groups in total. The first-order valence-electron chi connectivity index (χ1n) is 7.76. The van der Waals surface area contributed by atoms with Crippen molar-refractivity contribution < 1.29 is 14.0 Å². The van der Waals surface area contributed by atoms with Crippen molar-refractivity contribution in [3.63, 3.8) is 0 Å². The smallest absolute Gasteiger partial charge is 0.255 e. The molecule has 3 aromatic rings. The van der Waals surface area contributed by atoms with Gasteiger partial charge in [-0.05, 0) is 54.6 Å². The van der Waals surface area contributed by atoms with Gasteiger partial charge in [0.05, 0.1) is 10.7 Å². The fourth-order valence-electron chi connectivity index (χ4n) is 2.28. The number of benzene rings is 3. The lowest BCUT2D eigenvalue weighted by molar-refractivity contribution is 0.101. The Morgan fingerprint density at radius 2 is 1.38 bits per heavy atom. The molecule has 0 aliphatic carbocycles. The Kier molecular flexibility index (Phi) is 5.29. The number of nitrogens with one attached hydrogen (secondary N) is 2. The summed E-state index contributed by atoms with van der Waals surface area (Å²) < 4.78 is 12.9. The lowest BCUT2D eigenvalue weighted by Gasteiger charge is -2.10. The van der Waals surface area contributed by atoms with Crippen molar-refractivity contribution in [2.45, 2.75) is 0 Å². The summed E-state index contributed by atoms with van der Waals surface area (Å²) in [5, 5.41) is 5.68. The van der Waals surface area contributed by atoms with Crippen molar-refractivity contribution in [3.05, 3.63) is 94.8 Å². The van der Waals surface area contributed by atoms with Gasteiger partial charge in [0.1, 0.15) is 5.82 Å². The van der Waals surface area contributed by atoms with Crippen LogP contribution in [0, 0.1) is 5.82 Å². The number of halogens is 2. The predicted molar refractivity (Wildman–Crippen MR) is 100 cm³/mol. The second-order valence-electron chi connectivity index (χ2n) is 5.48. The van der Waals surface area contributed by atoms with Crippen molar-refractivity contribution in [1.29, 1.82) is 0 Å². The van der Waals surface area contributed by atoms with Crippen molar-refractivity contribution in [1.82, 2.24) is 0 Å². The molecule has 0 fully saturated rings. The van der Waals surface area contributed by atoms with Crippen LogP contribution in [0.4, 0.5) is 15.8 Å². The number of rotatable bonds is 4. The van der Waals surface area contributed by atoms with Gasteiger partial charge in [0.2, 0.25) is 0 Å². The van der Waals surface area contributed by atoms with E-state index in [9.17, 15) is 14.0 Å². The highest BCUT2D eigenvalue weighted by molar-refractivity contribution is 6.34. The Morgan fingerprint density at radius 1 is 0.769 bits per heavy atom. The van der Waals surface area contributed by atoms with Gasteiger partial charge in [0.15, 0.2) is 0 Å². The number of anilines is 2. The van der Waals surface area contributed by atoms with Crippen LogP contribution in [-0.4, -0.2) is 11.8 Å². The molecule has 0 bridgehead atoms. The number of carbonyl (C=O) groups is 2. The van der Waals surface area contributed by atoms with Crippen LogP contribution in [0.15, 0.2) is 72.8 Å². The zero-order valence-electron chi connectivity index (χ0n) is 13.5. The largest absolute Gasteiger partial charge is 0.322 e. The van der Waals surface area contributed by atoms with E-state index in [0.29, 0.717) is 22.5 Å². The van der Waals surface area contributed by atoms with Crippen LogP contribution in [0.3, 0.4) is 0 Å². The summed E-state index contributed by atoms with van der Waals surface area (Å²) in [6.07, 6.45) is 0. The van der Waals surface area contributed by atoms with E-state index in [4.69, 9.17) is 11.6 Å². The summed E-state index contributed by atoms with van der Waals surface area (Å²) in [5.74, 6) is -1.08. The topological polar surface area (TPSA) is 58.2 Å². The molecule has 4 nitrogen and oxygen atoms in total. The monoisotopic (exact) mass is 368 g/mol. The minimum absolute atomic E-state index is 0.282. The van der Waals surface area contributed by atoms with Gasteiger partial charge in [0, 0.05) is 16.8 Å². The summed E-state index contributed by atoms with van der Waals surface area (Å²) in [5.41, 5.74) is 1.73. The molecule has 3 aromatic carbocycles. The summed E-state index contributed by atoms with van der Waals surface area (Å²) in [4.78, 5) is 24.3. The molecule has 6 heteroatoms. The van der Waals surface area contributed by atoms with Crippen molar-refractivity contribution in [2.75, 3.05) is 10.6 Å². The third kappa shape index (κ3) is 4.26. The van der Waals surface area contributed by atoms with Crippen LogP contribution >= 0.6 is 11.6 Å². The zero-order valence-corrected chi connectivity index (χ0v) is 14.3. The van der Waals surface area contributed by atoms with E-state index in [1.54, 1.807) is 36.4 Å². The fourth-order valence-corrected chi connectivity index (χ4v) is 2.51. The van der Waals surface area contributed by atoms with E-state index >= 15 is 0 Å². The van der Waals surface area contributed by atoms with Crippen LogP contribution in [0.5, 0.6) is 0 Å². The number of carbonyl (C=O) groups excluding carboxylic acids is 2. The van der Waals surface area contributed by atoms with E-state index in [2.05, 4.69) is 10.6 Å². The minimum atomic E-state index is -0.414. The number of amides is 2. The maximum Gasteiger partial charge on any atom is 0.255 e. The maximum atomic E-state index is 12.9. The van der Waals surface area contributed by atoms with Crippen LogP contribution in [-0.2, 0) is 0 Å². The molecule has 0 aromatic heterocycles. The van der Waals surface area contributed by atoms with Gasteiger partial charge in [-0.15, -0.1) is 0 Å². The molecule has 2 amide bonds. The Hall–Kier alpha value is -3.18. The van der Waals surface area contributed by atoms with Gasteiger partial charge in [-0.2, -0.15) is 0 Å². The van der Waals surface area contributed by atoms with Gasteiger partial charge in [0.25, 0.3) is 11.8 Å². The maximum absolute atomic E-state index is 12.9. The van der Waals surface area contributed by atoms with Crippen LogP contribution in [0.1, 0.15) is 20.7 Å². The average molecular weight is 369 g/mol. The summed E-state index contributed by atoms with van der Waals surface area (Å²) >= 11 is 6.20. The molecule has 26 heavy (non-hydrogen) atoms. The molecule has 0 aliphatic heterocycles. The highest BCUT2D eigenvalue weighted by Crippen LogP contribution is 2.26. The van der Waals surface area contributed by atoms with E-state index in [0.717, 1.165) is 0 Å². The first-order valence-corrected chi connectivity index (χ1v) is 8.13. The van der Waals surface area contributed by atoms with Gasteiger partial charge in [-0.3, -0.25) is 9.59 Å². The minimum Gasteiger partial charge on any atom is -0.322 e. The Labute approximate surface area is 154 Å². The fraction of sp³-hybridized carbons (Fsp3) is 0. The van der Waals surface area contributed by atoms with Crippen molar-refractivity contribution in [2.24, 2.45) is 0 Å². The van der Waals surface area contributed by atoms with Gasteiger partial charge >= 0.3 is 0 Å². The van der Waals surface area contributed by atoms with Crippen LogP contribution < -0.4 is 10.6 Å². The van der Waals surface area contributed by atoms with E-state index in [-0.39, 0.29) is 16.8 Å². The molecule has 0 aliphatic rings. The lowest BCUT2D eigenvalue weighted by atomic mass is 10.2. The van der Waals surface area contributed by atoms with E-state index in [1.165, 1.54) is 30.3 Å². The molecule has 0 heterocycles. The molecular formula is C20H14ClFN2O2. The highest BCUT2D eigenvalue weighted by atomic mass is 35.5. The molecular weight excluding hydrogens is 355 g/mol. The summed E-state index contributed by atoms with van der Waals surface area (Å²) in [6, 6.07) is 18.7. The number of hydrogen-bond donors (Lipinski definition) is 2. The molecule has 0 saturated heterocycles. The normalized spacial score (nSPS) is 10.2. The Morgan fingerprint density at radius 3 is 2.04 bits per heavy atom. The Balaban J connectivity index is 1.70. The quantitative estimate of drug-likeness (QED) is 0.682. The summed E-state index contributed by atoms with van der Waals surface area (Å²) in [6.45, 7) is 0. The molecule has 3 rings (SSSR count). The van der Waals surface area contributed by atoms with Crippen molar-refractivity contribution in [3.8, 4) is 0 Å². The molecule has 130 valence electrons. The predicted octanol–water partition coefficient (Wildman–Crippen LogP) is 4.98. The first kappa shape index (κ1) is 17.6. The van der Waals surface area contributed by atoms with E-state index in [1.807, 2.05) is 6.07 Å². The first-order chi connectivity index (χ1) is 12.5. The van der Waals surface area contributed by atoms with Gasteiger partial charge in [-0.25, -0.2) is 4.39 Å². The molecule has 0 spiro atoms. The van der Waals surface area contributed by atoms with E-state index < -0.39 is 5.82 Å². The van der Waals surface area contributed by atoms with Gasteiger partial charge in [-0.1, -0.05) is 29.8 Å². The highest BCUT2D eigenvalue weighted by Gasteiger charge is 2.11. The third-order valence-corrected chi connectivity index (χ3v) is 3.93. The SMILES string of the molecule is O=C(Nc1ccc(NC(=O)c2ccccc2)c(Cl)c1)c1ccc(F)cc1. The molecule has 0 saturated carbocycles. The molecule has 0 unspecified atom stereocenters. The lowest BCUT2D eigenvalue weighted by Crippen LogP contribution is -2.13. The molecule has 0 radical (unpaired) electrons. The number of hydrogen-bond acceptors (Lipinski definition) is 2. The Bertz CT molecular complexity index is 944. The third-order valence-electron chi connectivity index (χ3n) is 3.62. The van der Waals surface area contributed by atoms with Crippen LogP contribution in [0.25, 0.3) is 0 Å².